The first-order valence-electron chi connectivity index (χ1n) is 10.4. The highest BCUT2D eigenvalue weighted by molar-refractivity contribution is 7.89. The molecule has 7 nitrogen and oxygen atoms in total. The zero-order valence-corrected chi connectivity index (χ0v) is 20.5. The number of methoxy groups -OCH3 is 1. The van der Waals surface area contributed by atoms with E-state index in [9.17, 15) is 17.6 Å². The number of halogens is 1. The van der Waals surface area contributed by atoms with Crippen LogP contribution in [-0.2, 0) is 21.2 Å². The first-order valence-corrected chi connectivity index (χ1v) is 12.7. The number of rotatable bonds is 9. The minimum absolute atomic E-state index is 0.0144. The van der Waals surface area contributed by atoms with Gasteiger partial charge in [0, 0.05) is 13.1 Å². The summed E-state index contributed by atoms with van der Waals surface area (Å²) in [5.74, 6) is -0.459. The van der Waals surface area contributed by atoms with Crippen LogP contribution in [0.4, 0.5) is 9.52 Å². The molecule has 33 heavy (non-hydrogen) atoms. The fourth-order valence-electron chi connectivity index (χ4n) is 3.44. The van der Waals surface area contributed by atoms with Gasteiger partial charge in [-0.3, -0.25) is 4.79 Å². The van der Waals surface area contributed by atoms with Gasteiger partial charge in [-0.15, -0.1) is 0 Å². The molecule has 0 aliphatic carbocycles. The van der Waals surface area contributed by atoms with Crippen molar-refractivity contribution in [3.05, 3.63) is 59.5 Å². The first kappa shape index (κ1) is 24.8. The lowest BCUT2D eigenvalue weighted by Crippen LogP contribution is -2.30. The number of benzene rings is 2. The minimum atomic E-state index is -3.75. The average Bonchev–Trinajstić information content (AvgIpc) is 3.13. The maximum atomic E-state index is 13.4. The van der Waals surface area contributed by atoms with E-state index in [1.165, 1.54) is 34.9 Å². The van der Waals surface area contributed by atoms with E-state index in [1.54, 1.807) is 51.1 Å². The molecule has 3 rings (SSSR count). The molecule has 0 saturated carbocycles. The molecule has 0 aliphatic heterocycles. The van der Waals surface area contributed by atoms with Gasteiger partial charge in [0.1, 0.15) is 16.5 Å². The number of thiazole rings is 1. The Kier molecular flexibility index (Phi) is 7.83. The number of hydrogen-bond acceptors (Lipinski definition) is 6. The van der Waals surface area contributed by atoms with Crippen molar-refractivity contribution >= 4 is 32.4 Å². The topological polar surface area (TPSA) is 88.6 Å². The molecule has 176 valence electrons. The Balaban J connectivity index is 1.89. The largest absolute Gasteiger partial charge is 0.495 e. The van der Waals surface area contributed by atoms with Gasteiger partial charge in [0.05, 0.1) is 24.1 Å². The highest BCUT2D eigenvalue weighted by Crippen LogP contribution is 2.37. The Morgan fingerprint density at radius 2 is 1.91 bits per heavy atom. The van der Waals surface area contributed by atoms with Gasteiger partial charge in [-0.25, -0.2) is 17.8 Å². The number of amides is 1. The van der Waals surface area contributed by atoms with E-state index in [0.29, 0.717) is 35.0 Å². The molecular weight excluding hydrogens is 465 g/mol. The molecule has 0 radical (unpaired) electrons. The summed E-state index contributed by atoms with van der Waals surface area (Å²) in [6.07, 6.45) is 0.0144. The third-order valence-electron chi connectivity index (χ3n) is 5.05. The molecule has 0 bridgehead atoms. The van der Waals surface area contributed by atoms with Crippen molar-refractivity contribution in [2.75, 3.05) is 25.5 Å². The lowest BCUT2D eigenvalue weighted by atomic mass is 10.1. The van der Waals surface area contributed by atoms with Crippen LogP contribution in [0.25, 0.3) is 10.4 Å². The van der Waals surface area contributed by atoms with E-state index in [0.717, 1.165) is 4.88 Å². The highest BCUT2D eigenvalue weighted by Gasteiger charge is 2.26. The quantitative estimate of drug-likeness (QED) is 0.477. The number of carbonyl (C=O) groups is 1. The fourth-order valence-corrected chi connectivity index (χ4v) is 6.05. The lowest BCUT2D eigenvalue weighted by Gasteiger charge is -2.20. The van der Waals surface area contributed by atoms with Gasteiger partial charge in [-0.05, 0) is 48.4 Å². The van der Waals surface area contributed by atoms with Crippen LogP contribution in [0.3, 0.4) is 0 Å². The summed E-state index contributed by atoms with van der Waals surface area (Å²) in [5, 5.41) is 3.12. The smallest absolute Gasteiger partial charge is 0.246 e. The highest BCUT2D eigenvalue weighted by atomic mass is 32.2. The average molecular weight is 492 g/mol. The number of carbonyl (C=O) groups excluding carboxylic acids is 1. The second kappa shape index (κ2) is 10.4. The van der Waals surface area contributed by atoms with Crippen molar-refractivity contribution < 1.29 is 22.3 Å². The SMILES string of the molecule is CCN(CC)S(=O)(=O)c1cc(-c2sc(NC(=O)Cc3cccc(F)c3)nc2C)ccc1OC. The van der Waals surface area contributed by atoms with Gasteiger partial charge in [-0.1, -0.05) is 37.3 Å². The maximum absolute atomic E-state index is 13.4. The first-order chi connectivity index (χ1) is 15.7. The summed E-state index contributed by atoms with van der Waals surface area (Å²) < 4.78 is 46.3. The van der Waals surface area contributed by atoms with Gasteiger partial charge in [0.2, 0.25) is 15.9 Å². The molecule has 1 aromatic heterocycles. The zero-order valence-electron chi connectivity index (χ0n) is 18.9. The van der Waals surface area contributed by atoms with Crippen molar-refractivity contribution in [3.8, 4) is 16.2 Å². The van der Waals surface area contributed by atoms with E-state index in [4.69, 9.17) is 4.74 Å². The van der Waals surface area contributed by atoms with Crippen LogP contribution in [0.2, 0.25) is 0 Å². The lowest BCUT2D eigenvalue weighted by molar-refractivity contribution is -0.115. The van der Waals surface area contributed by atoms with Crippen molar-refractivity contribution in [2.24, 2.45) is 0 Å². The molecular formula is C23H26FN3O4S2. The van der Waals surface area contributed by atoms with Crippen LogP contribution in [0.15, 0.2) is 47.4 Å². The fraction of sp³-hybridized carbons (Fsp3) is 0.304. The second-order valence-electron chi connectivity index (χ2n) is 7.24. The molecule has 0 spiro atoms. The van der Waals surface area contributed by atoms with Crippen LogP contribution in [0.1, 0.15) is 25.1 Å². The van der Waals surface area contributed by atoms with Crippen LogP contribution in [0.5, 0.6) is 5.75 Å². The molecule has 3 aromatic rings. The standard InChI is InChI=1S/C23H26FN3O4S2/c1-5-27(6-2)33(29,30)20-14-17(10-11-19(20)31-4)22-15(3)25-23(32-22)26-21(28)13-16-8-7-9-18(24)12-16/h7-12,14H,5-6,13H2,1-4H3,(H,25,26,28). The number of anilines is 1. The number of aryl methyl sites for hydroxylation is 1. The molecule has 0 aliphatic rings. The molecule has 10 heteroatoms. The monoisotopic (exact) mass is 491 g/mol. The third-order valence-corrected chi connectivity index (χ3v) is 8.24. The summed E-state index contributed by atoms with van der Waals surface area (Å²) in [6, 6.07) is 10.8. The Morgan fingerprint density at radius 3 is 2.55 bits per heavy atom. The minimum Gasteiger partial charge on any atom is -0.495 e. The number of ether oxygens (including phenoxy) is 1. The number of sulfonamides is 1. The molecule has 0 fully saturated rings. The summed E-state index contributed by atoms with van der Waals surface area (Å²) in [5.41, 5.74) is 1.86. The number of hydrogen-bond donors (Lipinski definition) is 1. The van der Waals surface area contributed by atoms with E-state index in [2.05, 4.69) is 10.3 Å². The predicted octanol–water partition coefficient (Wildman–Crippen LogP) is 4.48. The van der Waals surface area contributed by atoms with Gasteiger partial charge >= 0.3 is 0 Å². The number of aromatic nitrogens is 1. The normalized spacial score (nSPS) is 11.6. The van der Waals surface area contributed by atoms with Crippen LogP contribution in [-0.4, -0.2) is 43.8 Å². The zero-order chi connectivity index (χ0) is 24.2. The van der Waals surface area contributed by atoms with Gasteiger partial charge in [-0.2, -0.15) is 4.31 Å². The van der Waals surface area contributed by atoms with Crippen molar-refractivity contribution in [1.82, 2.24) is 9.29 Å². The predicted molar refractivity (Wildman–Crippen MR) is 128 cm³/mol. The van der Waals surface area contributed by atoms with Crippen LogP contribution >= 0.6 is 11.3 Å². The van der Waals surface area contributed by atoms with E-state index >= 15 is 0 Å². The summed E-state index contributed by atoms with van der Waals surface area (Å²) in [6.45, 7) is 6.03. The Hall–Kier alpha value is -2.82. The Bertz CT molecular complexity index is 1250. The molecule has 0 unspecified atom stereocenters. The van der Waals surface area contributed by atoms with E-state index in [1.807, 2.05) is 0 Å². The summed E-state index contributed by atoms with van der Waals surface area (Å²) >= 11 is 1.24. The number of nitrogens with zero attached hydrogens (tertiary/aromatic N) is 2. The van der Waals surface area contributed by atoms with Gasteiger partial charge < -0.3 is 10.1 Å². The van der Waals surface area contributed by atoms with Crippen molar-refractivity contribution in [2.45, 2.75) is 32.1 Å². The third kappa shape index (κ3) is 5.58. The van der Waals surface area contributed by atoms with Gasteiger partial charge in [0.15, 0.2) is 5.13 Å². The molecule has 0 saturated heterocycles. The molecule has 2 aromatic carbocycles. The Labute approximate surface area is 197 Å². The van der Waals surface area contributed by atoms with E-state index < -0.39 is 15.8 Å². The maximum Gasteiger partial charge on any atom is 0.246 e. The van der Waals surface area contributed by atoms with Gasteiger partial charge in [0.25, 0.3) is 0 Å². The number of nitrogens with one attached hydrogen (secondary N) is 1. The summed E-state index contributed by atoms with van der Waals surface area (Å²) in [7, 11) is -2.31. The van der Waals surface area contributed by atoms with Crippen LogP contribution in [0, 0.1) is 12.7 Å². The molecule has 1 heterocycles. The summed E-state index contributed by atoms with van der Waals surface area (Å²) in [4.78, 5) is 17.6. The van der Waals surface area contributed by atoms with Crippen molar-refractivity contribution in [1.29, 1.82) is 0 Å². The van der Waals surface area contributed by atoms with E-state index in [-0.39, 0.29) is 23.0 Å². The molecule has 1 N–H and O–H groups in total. The Morgan fingerprint density at radius 1 is 1.18 bits per heavy atom. The molecule has 0 atom stereocenters. The molecule has 1 amide bonds. The van der Waals surface area contributed by atoms with Crippen molar-refractivity contribution in [3.63, 3.8) is 0 Å². The second-order valence-corrected chi connectivity index (χ2v) is 10.1. The van der Waals surface area contributed by atoms with Crippen LogP contribution < -0.4 is 10.1 Å².